The first kappa shape index (κ1) is 28.6. The highest BCUT2D eigenvalue weighted by molar-refractivity contribution is 6.05. The van der Waals surface area contributed by atoms with Crippen molar-refractivity contribution in [2.24, 2.45) is 0 Å². The second kappa shape index (κ2) is 12.4. The van der Waals surface area contributed by atoms with E-state index < -0.39 is 0 Å². The number of benzene rings is 2. The van der Waals surface area contributed by atoms with Crippen LogP contribution in [0.25, 0.3) is 29.6 Å². The zero-order valence-electron chi connectivity index (χ0n) is 24.6. The Morgan fingerprint density at radius 3 is 2.68 bits per heavy atom. The van der Waals surface area contributed by atoms with Gasteiger partial charge in [-0.3, -0.25) is 9.59 Å². The molecule has 0 radical (unpaired) electrons. The number of anilines is 3. The molecule has 0 spiro atoms. The highest BCUT2D eigenvalue weighted by Gasteiger charge is 2.19. The summed E-state index contributed by atoms with van der Waals surface area (Å²) >= 11 is 0. The van der Waals surface area contributed by atoms with Crippen molar-refractivity contribution in [2.45, 2.75) is 13.8 Å². The van der Waals surface area contributed by atoms with Gasteiger partial charge in [-0.05, 0) is 49.7 Å². The van der Waals surface area contributed by atoms with Gasteiger partial charge in [-0.25, -0.2) is 9.97 Å². The van der Waals surface area contributed by atoms with Crippen molar-refractivity contribution < 1.29 is 14.3 Å². The molecule has 10 heteroatoms. The van der Waals surface area contributed by atoms with Crippen LogP contribution < -0.4 is 21.2 Å². The minimum absolute atomic E-state index is 0.00599. The molecule has 0 saturated carbocycles. The van der Waals surface area contributed by atoms with Crippen LogP contribution in [0.2, 0.25) is 0 Å². The third-order valence-corrected chi connectivity index (χ3v) is 7.63. The smallest absolute Gasteiger partial charge is 0.257 e. The lowest BCUT2D eigenvalue weighted by atomic mass is 10.0. The van der Waals surface area contributed by atoms with Gasteiger partial charge in [0.05, 0.1) is 24.5 Å². The largest absolute Gasteiger partial charge is 0.378 e. The van der Waals surface area contributed by atoms with Crippen molar-refractivity contribution in [2.75, 3.05) is 36.9 Å². The van der Waals surface area contributed by atoms with Gasteiger partial charge in [-0.2, -0.15) is 0 Å². The van der Waals surface area contributed by atoms with Crippen LogP contribution in [0.1, 0.15) is 33.2 Å². The molecule has 2 amide bonds. The first-order valence-electron chi connectivity index (χ1n) is 14.4. The van der Waals surface area contributed by atoms with Gasteiger partial charge in [0.15, 0.2) is 11.5 Å². The van der Waals surface area contributed by atoms with Crippen molar-refractivity contribution >= 4 is 47.3 Å². The summed E-state index contributed by atoms with van der Waals surface area (Å²) in [6, 6.07) is 13.1. The molecule has 1 saturated heterocycles. The van der Waals surface area contributed by atoms with E-state index in [1.807, 2.05) is 96.2 Å². The number of carbonyl (C=O) groups excluding carboxylic acids is 2. The number of imidazole rings is 1. The zero-order valence-corrected chi connectivity index (χ0v) is 24.6. The fraction of sp³-hybridized carbons (Fsp3) is 0.176. The number of hydrogen-bond donors (Lipinski definition) is 3. The molecule has 0 unspecified atom stereocenters. The van der Waals surface area contributed by atoms with Gasteiger partial charge in [0.2, 0.25) is 0 Å². The van der Waals surface area contributed by atoms with E-state index in [-0.39, 0.29) is 11.8 Å². The van der Waals surface area contributed by atoms with E-state index in [4.69, 9.17) is 9.72 Å². The van der Waals surface area contributed by atoms with Crippen molar-refractivity contribution in [3.8, 4) is 11.3 Å². The van der Waals surface area contributed by atoms with Crippen molar-refractivity contribution in [3.05, 3.63) is 107 Å². The van der Waals surface area contributed by atoms with Crippen LogP contribution in [0.15, 0.2) is 79.4 Å². The molecule has 6 rings (SSSR count). The van der Waals surface area contributed by atoms with Gasteiger partial charge in [0, 0.05) is 70.9 Å². The molecule has 3 aromatic heterocycles. The highest BCUT2D eigenvalue weighted by atomic mass is 16.5. The summed E-state index contributed by atoms with van der Waals surface area (Å²) in [5.41, 5.74) is 5.68. The van der Waals surface area contributed by atoms with Gasteiger partial charge < -0.3 is 29.7 Å². The standard InChI is InChI=1S/C34H33N7O3/c1-4-5-7-27-23(3)36-20-28(27)33(42)39-29-9-6-8-26(22(29)2)30-21-41-15-14-35-32(41)31(38-30)37-25-12-10-24(11-13-25)34(43)40-16-18-44-19-17-40/h4-15,20-21,36H,3,16-19H2,1-2H3,(H,37,38)(H,39,42)/b5-4-,27-7+. The number of aromatic nitrogens is 4. The van der Waals surface area contributed by atoms with E-state index in [1.54, 1.807) is 12.4 Å². The third-order valence-electron chi connectivity index (χ3n) is 7.63. The minimum atomic E-state index is -0.233. The van der Waals surface area contributed by atoms with Crippen LogP contribution in [0.4, 0.5) is 17.2 Å². The maximum absolute atomic E-state index is 13.3. The number of rotatable bonds is 7. The van der Waals surface area contributed by atoms with E-state index >= 15 is 0 Å². The summed E-state index contributed by atoms with van der Waals surface area (Å²) in [7, 11) is 0. The monoisotopic (exact) mass is 587 g/mol. The normalized spacial score (nSPS) is 14.0. The summed E-state index contributed by atoms with van der Waals surface area (Å²) in [5.74, 6) is 0.324. The number of allylic oxidation sites excluding steroid dienone is 2. The molecule has 1 fully saturated rings. The Bertz CT molecular complexity index is 1980. The molecule has 1 aliphatic heterocycles. The van der Waals surface area contributed by atoms with Gasteiger partial charge in [0.25, 0.3) is 11.8 Å². The summed E-state index contributed by atoms with van der Waals surface area (Å²) in [6.07, 6.45) is 12.8. The van der Waals surface area contributed by atoms with Crippen molar-refractivity contribution in [1.29, 1.82) is 0 Å². The van der Waals surface area contributed by atoms with Crippen LogP contribution in [0, 0.1) is 6.92 Å². The van der Waals surface area contributed by atoms with E-state index in [9.17, 15) is 9.59 Å². The van der Waals surface area contributed by atoms with E-state index in [1.165, 1.54) is 0 Å². The number of ether oxygens (including phenoxy) is 1. The van der Waals surface area contributed by atoms with Crippen LogP contribution >= 0.6 is 0 Å². The molecular weight excluding hydrogens is 554 g/mol. The molecule has 44 heavy (non-hydrogen) atoms. The van der Waals surface area contributed by atoms with Crippen LogP contribution in [-0.2, 0) is 4.74 Å². The van der Waals surface area contributed by atoms with Crippen molar-refractivity contribution in [1.82, 2.24) is 24.3 Å². The number of H-pyrrole nitrogens is 1. The summed E-state index contributed by atoms with van der Waals surface area (Å²) in [4.78, 5) is 40.4. The highest BCUT2D eigenvalue weighted by Crippen LogP contribution is 2.30. The van der Waals surface area contributed by atoms with Crippen LogP contribution in [-0.4, -0.2) is 62.4 Å². The number of aromatic amines is 1. The number of morpholine rings is 1. The predicted octanol–water partition coefficient (Wildman–Crippen LogP) is 4.27. The average Bonchev–Trinajstić information content (AvgIpc) is 3.68. The Balaban J connectivity index is 1.27. The Labute approximate surface area is 254 Å². The Morgan fingerprint density at radius 1 is 1.11 bits per heavy atom. The molecule has 0 atom stereocenters. The molecule has 0 bridgehead atoms. The number of nitrogens with zero attached hydrogens (tertiary/aromatic N) is 4. The fourth-order valence-corrected chi connectivity index (χ4v) is 5.21. The molecule has 10 nitrogen and oxygen atoms in total. The van der Waals surface area contributed by atoms with E-state index in [0.717, 1.165) is 22.0 Å². The third kappa shape index (κ3) is 5.75. The van der Waals surface area contributed by atoms with Gasteiger partial charge in [0.1, 0.15) is 0 Å². The molecule has 4 heterocycles. The first-order valence-corrected chi connectivity index (χ1v) is 14.4. The molecular formula is C34H33N7O3. The topological polar surface area (TPSA) is 117 Å². The molecule has 2 aromatic carbocycles. The van der Waals surface area contributed by atoms with Gasteiger partial charge >= 0.3 is 0 Å². The number of carbonyl (C=O) groups is 2. The van der Waals surface area contributed by atoms with Crippen molar-refractivity contribution in [3.63, 3.8) is 0 Å². The van der Waals surface area contributed by atoms with Crippen LogP contribution in [0.3, 0.4) is 0 Å². The lowest BCUT2D eigenvalue weighted by molar-refractivity contribution is 0.0303. The SMILES string of the molecule is C=c1[nH]cc(C(=O)Nc2cccc(-c3cn4ccnc4c(Nc4ccc(C(=O)N5CCOCC5)cc4)n3)c2C)/c1=C/C=C\C. The second-order valence-electron chi connectivity index (χ2n) is 10.5. The molecule has 0 aliphatic carbocycles. The molecule has 5 aromatic rings. The van der Waals surface area contributed by atoms with Gasteiger partial charge in [-0.1, -0.05) is 36.9 Å². The minimum Gasteiger partial charge on any atom is -0.378 e. The second-order valence-corrected chi connectivity index (χ2v) is 10.5. The average molecular weight is 588 g/mol. The summed E-state index contributed by atoms with van der Waals surface area (Å²) in [5, 5.41) is 7.86. The first-order chi connectivity index (χ1) is 21.4. The Morgan fingerprint density at radius 2 is 1.91 bits per heavy atom. The molecule has 3 N–H and O–H groups in total. The number of hydrogen-bond acceptors (Lipinski definition) is 6. The van der Waals surface area contributed by atoms with Gasteiger partial charge in [-0.15, -0.1) is 0 Å². The quantitative estimate of drug-likeness (QED) is 0.262. The number of nitrogens with one attached hydrogen (secondary N) is 3. The Hall–Kier alpha value is -5.48. The maximum atomic E-state index is 13.3. The predicted molar refractivity (Wildman–Crippen MR) is 172 cm³/mol. The van der Waals surface area contributed by atoms with E-state index in [2.05, 4.69) is 27.2 Å². The number of amides is 2. The number of fused-ring (bicyclic) bond motifs is 1. The van der Waals surface area contributed by atoms with E-state index in [0.29, 0.717) is 65.6 Å². The maximum Gasteiger partial charge on any atom is 0.257 e. The zero-order chi connectivity index (χ0) is 30.6. The summed E-state index contributed by atoms with van der Waals surface area (Å²) < 4.78 is 7.27. The molecule has 1 aliphatic rings. The lowest BCUT2D eigenvalue weighted by Crippen LogP contribution is -2.40. The summed E-state index contributed by atoms with van der Waals surface area (Å²) in [6.45, 7) is 10.2. The fourth-order valence-electron chi connectivity index (χ4n) is 5.21. The lowest BCUT2D eigenvalue weighted by Gasteiger charge is -2.26. The van der Waals surface area contributed by atoms with Crippen LogP contribution in [0.5, 0.6) is 0 Å². The Kier molecular flexibility index (Phi) is 8.07. The molecule has 222 valence electrons.